The Hall–Kier alpha value is -1.85. The van der Waals surface area contributed by atoms with Gasteiger partial charge in [-0.1, -0.05) is 17.7 Å². The number of halogens is 2. The van der Waals surface area contributed by atoms with Crippen molar-refractivity contribution in [3.8, 4) is 5.75 Å². The normalized spacial score (nSPS) is 10.1. The Morgan fingerprint density at radius 1 is 1.19 bits per heavy atom. The van der Waals surface area contributed by atoms with E-state index in [1.54, 1.807) is 37.4 Å². The molecule has 21 heavy (non-hydrogen) atoms. The number of methoxy groups -OCH3 is 1. The Balaban J connectivity index is 2.08. The highest BCUT2D eigenvalue weighted by Gasteiger charge is 2.06. The zero-order chi connectivity index (χ0) is 15.4. The first-order valence-corrected chi connectivity index (χ1v) is 6.96. The minimum atomic E-state index is -0.363. The molecule has 0 bridgehead atoms. The maximum atomic E-state index is 13.6. The van der Waals surface area contributed by atoms with Crippen LogP contribution in [-0.2, 0) is 0 Å². The van der Waals surface area contributed by atoms with E-state index >= 15 is 0 Å². The monoisotopic (exact) mass is 324 g/mol. The van der Waals surface area contributed by atoms with Crippen LogP contribution in [0, 0.1) is 12.7 Å². The lowest BCUT2D eigenvalue weighted by atomic mass is 10.2. The van der Waals surface area contributed by atoms with Gasteiger partial charge >= 0.3 is 0 Å². The van der Waals surface area contributed by atoms with E-state index < -0.39 is 0 Å². The summed E-state index contributed by atoms with van der Waals surface area (Å²) < 4.78 is 18.7. The Labute approximate surface area is 133 Å². The summed E-state index contributed by atoms with van der Waals surface area (Å²) in [6.45, 7) is 1.88. The van der Waals surface area contributed by atoms with Gasteiger partial charge in [-0.25, -0.2) is 4.39 Å². The fraction of sp³-hybridized carbons (Fsp3) is 0.133. The van der Waals surface area contributed by atoms with Gasteiger partial charge in [0.1, 0.15) is 11.6 Å². The predicted octanol–water partition coefficient (Wildman–Crippen LogP) is 4.61. The minimum absolute atomic E-state index is 0.278. The van der Waals surface area contributed by atoms with E-state index in [2.05, 4.69) is 10.6 Å². The van der Waals surface area contributed by atoms with E-state index in [-0.39, 0.29) is 10.9 Å². The molecule has 110 valence electrons. The first kappa shape index (κ1) is 15.5. The van der Waals surface area contributed by atoms with Gasteiger partial charge < -0.3 is 15.4 Å². The topological polar surface area (TPSA) is 33.3 Å². The first-order chi connectivity index (χ1) is 9.99. The van der Waals surface area contributed by atoms with Crippen LogP contribution in [0.1, 0.15) is 5.56 Å². The molecule has 0 aliphatic heterocycles. The summed E-state index contributed by atoms with van der Waals surface area (Å²) in [4.78, 5) is 0. The zero-order valence-corrected chi connectivity index (χ0v) is 13.1. The number of nitrogens with one attached hydrogen (secondary N) is 2. The second-order valence-corrected chi connectivity index (χ2v) is 5.23. The van der Waals surface area contributed by atoms with E-state index in [9.17, 15) is 4.39 Å². The fourth-order valence-corrected chi connectivity index (χ4v) is 2.25. The third-order valence-corrected chi connectivity index (χ3v) is 3.28. The molecule has 0 spiro atoms. The van der Waals surface area contributed by atoms with E-state index in [0.717, 1.165) is 5.56 Å². The zero-order valence-electron chi connectivity index (χ0n) is 11.5. The highest BCUT2D eigenvalue weighted by Crippen LogP contribution is 2.27. The molecule has 0 saturated heterocycles. The average molecular weight is 325 g/mol. The average Bonchev–Trinajstić information content (AvgIpc) is 2.43. The van der Waals surface area contributed by atoms with Gasteiger partial charge in [0.05, 0.1) is 17.8 Å². The molecule has 0 radical (unpaired) electrons. The Morgan fingerprint density at radius 2 is 1.95 bits per heavy atom. The third kappa shape index (κ3) is 4.06. The molecule has 0 aliphatic rings. The second kappa shape index (κ2) is 6.74. The molecule has 0 aromatic heterocycles. The quantitative estimate of drug-likeness (QED) is 0.808. The van der Waals surface area contributed by atoms with Crippen molar-refractivity contribution >= 4 is 40.3 Å². The van der Waals surface area contributed by atoms with Crippen LogP contribution < -0.4 is 15.4 Å². The summed E-state index contributed by atoms with van der Waals surface area (Å²) in [6, 6.07) is 9.95. The molecule has 2 rings (SSSR count). The number of ether oxygens (including phenoxy) is 1. The summed E-state index contributed by atoms with van der Waals surface area (Å²) in [6.07, 6.45) is 0. The van der Waals surface area contributed by atoms with E-state index in [1.165, 1.54) is 6.07 Å². The maximum absolute atomic E-state index is 13.6. The number of benzene rings is 2. The molecular formula is C15H14ClFN2OS. The van der Waals surface area contributed by atoms with Crippen molar-refractivity contribution in [1.29, 1.82) is 0 Å². The van der Waals surface area contributed by atoms with Crippen molar-refractivity contribution in [3.05, 3.63) is 52.8 Å². The van der Waals surface area contributed by atoms with Gasteiger partial charge in [0.15, 0.2) is 5.11 Å². The number of hydrogen-bond donors (Lipinski definition) is 2. The summed E-state index contributed by atoms with van der Waals surface area (Å²) in [5.74, 6) is 0.211. The van der Waals surface area contributed by atoms with Crippen molar-refractivity contribution in [3.63, 3.8) is 0 Å². The molecule has 2 N–H and O–H groups in total. The van der Waals surface area contributed by atoms with Crippen LogP contribution in [0.4, 0.5) is 15.8 Å². The van der Waals surface area contributed by atoms with Crippen LogP contribution >= 0.6 is 23.8 Å². The SMILES string of the molecule is COc1ccc(NC(=S)Nc2cc(C)ccc2F)cc1Cl. The van der Waals surface area contributed by atoms with Crippen molar-refractivity contribution in [2.45, 2.75) is 6.92 Å². The lowest BCUT2D eigenvalue weighted by Gasteiger charge is -2.12. The highest BCUT2D eigenvalue weighted by molar-refractivity contribution is 7.80. The van der Waals surface area contributed by atoms with E-state index in [1.807, 2.05) is 6.92 Å². The molecule has 0 heterocycles. The molecule has 0 aliphatic carbocycles. The number of aryl methyl sites for hydroxylation is 1. The number of thiocarbonyl (C=S) groups is 1. The standard InChI is InChI=1S/C15H14ClFN2OS/c1-9-3-5-12(17)13(7-9)19-15(21)18-10-4-6-14(20-2)11(16)8-10/h3-8H,1-2H3,(H2,18,19,21). The minimum Gasteiger partial charge on any atom is -0.495 e. The molecule has 0 atom stereocenters. The van der Waals surface area contributed by atoms with Crippen LogP contribution in [0.25, 0.3) is 0 Å². The van der Waals surface area contributed by atoms with Crippen LogP contribution in [0.5, 0.6) is 5.75 Å². The van der Waals surface area contributed by atoms with Crippen molar-refractivity contribution in [1.82, 2.24) is 0 Å². The molecule has 3 nitrogen and oxygen atoms in total. The van der Waals surface area contributed by atoms with Crippen molar-refractivity contribution in [2.24, 2.45) is 0 Å². The van der Waals surface area contributed by atoms with Gasteiger partial charge in [-0.3, -0.25) is 0 Å². The van der Waals surface area contributed by atoms with E-state index in [0.29, 0.717) is 22.1 Å². The number of rotatable bonds is 3. The Kier molecular flexibility index (Phi) is 4.98. The Morgan fingerprint density at radius 3 is 2.62 bits per heavy atom. The van der Waals surface area contributed by atoms with Crippen LogP contribution in [0.2, 0.25) is 5.02 Å². The fourth-order valence-electron chi connectivity index (χ4n) is 1.76. The Bertz CT molecular complexity index is 679. The van der Waals surface area contributed by atoms with Gasteiger partial charge in [-0.15, -0.1) is 0 Å². The van der Waals surface area contributed by atoms with Gasteiger partial charge in [-0.2, -0.15) is 0 Å². The lowest BCUT2D eigenvalue weighted by Crippen LogP contribution is -2.19. The van der Waals surface area contributed by atoms with Gasteiger partial charge in [0.2, 0.25) is 0 Å². The molecule has 0 unspecified atom stereocenters. The van der Waals surface area contributed by atoms with Gasteiger partial charge in [0, 0.05) is 5.69 Å². The number of hydrogen-bond acceptors (Lipinski definition) is 2. The van der Waals surface area contributed by atoms with Gasteiger partial charge in [-0.05, 0) is 55.0 Å². The molecule has 0 saturated carbocycles. The first-order valence-electron chi connectivity index (χ1n) is 6.17. The predicted molar refractivity (Wildman–Crippen MR) is 89.0 cm³/mol. The molecular weight excluding hydrogens is 311 g/mol. The number of anilines is 2. The summed E-state index contributed by atoms with van der Waals surface area (Å²) in [5.41, 5.74) is 1.95. The van der Waals surface area contributed by atoms with Crippen LogP contribution in [-0.4, -0.2) is 12.2 Å². The summed E-state index contributed by atoms with van der Waals surface area (Å²) in [7, 11) is 1.54. The molecule has 0 amide bonds. The van der Waals surface area contributed by atoms with Crippen LogP contribution in [0.15, 0.2) is 36.4 Å². The third-order valence-electron chi connectivity index (χ3n) is 2.78. The summed E-state index contributed by atoms with van der Waals surface area (Å²) >= 11 is 11.2. The molecule has 6 heteroatoms. The molecule has 0 fully saturated rings. The van der Waals surface area contributed by atoms with Gasteiger partial charge in [0.25, 0.3) is 0 Å². The smallest absolute Gasteiger partial charge is 0.175 e. The highest BCUT2D eigenvalue weighted by atomic mass is 35.5. The summed E-state index contributed by atoms with van der Waals surface area (Å²) in [5, 5.41) is 6.50. The molecule has 2 aromatic rings. The van der Waals surface area contributed by atoms with Crippen molar-refractivity contribution in [2.75, 3.05) is 17.7 Å². The molecule has 2 aromatic carbocycles. The van der Waals surface area contributed by atoms with E-state index in [4.69, 9.17) is 28.6 Å². The maximum Gasteiger partial charge on any atom is 0.175 e. The van der Waals surface area contributed by atoms with Crippen LogP contribution in [0.3, 0.4) is 0 Å². The van der Waals surface area contributed by atoms with Crippen molar-refractivity contribution < 1.29 is 9.13 Å². The lowest BCUT2D eigenvalue weighted by molar-refractivity contribution is 0.415. The second-order valence-electron chi connectivity index (χ2n) is 4.41. The largest absolute Gasteiger partial charge is 0.495 e.